The summed E-state index contributed by atoms with van der Waals surface area (Å²) in [4.78, 5) is 7.50. The number of likely N-dealkylation sites (tertiary alicyclic amines) is 1. The molecule has 0 saturated carbocycles. The third kappa shape index (κ3) is 4.26. The summed E-state index contributed by atoms with van der Waals surface area (Å²) in [6.45, 7) is 8.05. The molecule has 5 nitrogen and oxygen atoms in total. The highest BCUT2D eigenvalue weighted by atomic mass is 16.5. The highest BCUT2D eigenvalue weighted by Crippen LogP contribution is 2.36. The molecule has 1 aliphatic heterocycles. The van der Waals surface area contributed by atoms with Gasteiger partial charge in [0.1, 0.15) is 11.6 Å². The Morgan fingerprint density at radius 3 is 2.71 bits per heavy atom. The first-order chi connectivity index (χ1) is 13.8. The van der Waals surface area contributed by atoms with Crippen LogP contribution in [-0.2, 0) is 17.6 Å². The molecule has 0 unspecified atom stereocenters. The molecule has 2 heterocycles. The van der Waals surface area contributed by atoms with Crippen molar-refractivity contribution in [3.8, 4) is 5.75 Å². The number of methoxy groups -OCH3 is 1. The van der Waals surface area contributed by atoms with E-state index in [9.17, 15) is 0 Å². The summed E-state index contributed by atoms with van der Waals surface area (Å²) in [5.41, 5.74) is 5.11. The van der Waals surface area contributed by atoms with Gasteiger partial charge in [-0.1, -0.05) is 0 Å². The van der Waals surface area contributed by atoms with Crippen LogP contribution in [0, 0.1) is 6.92 Å². The maximum Gasteiger partial charge on any atom is 0.130 e. The van der Waals surface area contributed by atoms with Gasteiger partial charge < -0.3 is 19.7 Å². The monoisotopic (exact) mass is 383 g/mol. The van der Waals surface area contributed by atoms with Gasteiger partial charge in [-0.3, -0.25) is 0 Å². The van der Waals surface area contributed by atoms with E-state index in [2.05, 4.69) is 29.3 Å². The number of hydrogen-bond donors (Lipinski definition) is 1. The van der Waals surface area contributed by atoms with Gasteiger partial charge in [-0.25, -0.2) is 4.98 Å². The molecule has 28 heavy (non-hydrogen) atoms. The van der Waals surface area contributed by atoms with Crippen molar-refractivity contribution in [3.63, 3.8) is 0 Å². The molecule has 1 saturated heterocycles. The molecule has 0 bridgehead atoms. The van der Waals surface area contributed by atoms with Crippen LogP contribution in [-0.4, -0.2) is 56.4 Å². The Kier molecular flexibility index (Phi) is 6.33. The van der Waals surface area contributed by atoms with Crippen molar-refractivity contribution >= 4 is 16.7 Å². The highest BCUT2D eigenvalue weighted by Gasteiger charge is 2.20. The molecule has 0 amide bonds. The van der Waals surface area contributed by atoms with Crippen LogP contribution >= 0.6 is 0 Å². The lowest BCUT2D eigenvalue weighted by Crippen LogP contribution is -2.22. The molecule has 0 radical (unpaired) electrons. The van der Waals surface area contributed by atoms with Crippen LogP contribution in [0.5, 0.6) is 5.75 Å². The Hall–Kier alpha value is -1.85. The van der Waals surface area contributed by atoms with E-state index < -0.39 is 0 Å². The van der Waals surface area contributed by atoms with Crippen LogP contribution in [0.4, 0.5) is 5.82 Å². The van der Waals surface area contributed by atoms with Crippen molar-refractivity contribution in [2.24, 2.45) is 0 Å². The van der Waals surface area contributed by atoms with Crippen molar-refractivity contribution in [3.05, 3.63) is 28.8 Å². The lowest BCUT2D eigenvalue weighted by atomic mass is 10.0. The molecule has 4 rings (SSSR count). The second-order valence-electron chi connectivity index (χ2n) is 8.08. The molecule has 0 atom stereocenters. The number of benzene rings is 1. The Balaban J connectivity index is 1.50. The zero-order chi connectivity index (χ0) is 19.3. The van der Waals surface area contributed by atoms with Crippen molar-refractivity contribution < 1.29 is 9.47 Å². The number of pyridine rings is 1. The Morgan fingerprint density at radius 1 is 1.07 bits per heavy atom. The van der Waals surface area contributed by atoms with E-state index >= 15 is 0 Å². The van der Waals surface area contributed by atoms with Crippen LogP contribution in [0.3, 0.4) is 0 Å². The third-order valence-electron chi connectivity index (χ3n) is 6.03. The topological polar surface area (TPSA) is 46.6 Å². The fourth-order valence-corrected chi connectivity index (χ4v) is 4.55. The van der Waals surface area contributed by atoms with Crippen LogP contribution < -0.4 is 10.1 Å². The summed E-state index contributed by atoms with van der Waals surface area (Å²) in [5, 5.41) is 4.77. The summed E-state index contributed by atoms with van der Waals surface area (Å²) in [7, 11) is 1.73. The quantitative estimate of drug-likeness (QED) is 0.664. The average Bonchev–Trinajstić information content (AvgIpc) is 3.38. The largest absolute Gasteiger partial charge is 0.493 e. The first-order valence-corrected chi connectivity index (χ1v) is 10.8. The molecular formula is C23H33N3O2. The number of hydrogen-bond acceptors (Lipinski definition) is 5. The molecule has 1 N–H and O–H groups in total. The maximum absolute atomic E-state index is 6.16. The minimum absolute atomic E-state index is 0.688. The number of fused-ring (bicyclic) bond motifs is 3. The third-order valence-corrected chi connectivity index (χ3v) is 6.03. The van der Waals surface area contributed by atoms with Gasteiger partial charge in [0.2, 0.25) is 0 Å². The van der Waals surface area contributed by atoms with Gasteiger partial charge in [0, 0.05) is 31.7 Å². The number of anilines is 1. The fourth-order valence-electron chi connectivity index (χ4n) is 4.55. The molecular weight excluding hydrogens is 350 g/mol. The molecule has 1 aromatic heterocycles. The predicted octanol–water partition coefficient (Wildman–Crippen LogP) is 3.95. The van der Waals surface area contributed by atoms with Crippen LogP contribution in [0.15, 0.2) is 12.1 Å². The Morgan fingerprint density at radius 2 is 1.89 bits per heavy atom. The van der Waals surface area contributed by atoms with Crippen molar-refractivity contribution in [1.29, 1.82) is 0 Å². The first-order valence-electron chi connectivity index (χ1n) is 10.8. The lowest BCUT2D eigenvalue weighted by Gasteiger charge is -2.17. The second-order valence-corrected chi connectivity index (χ2v) is 8.08. The van der Waals surface area contributed by atoms with Crippen LogP contribution in [0.2, 0.25) is 0 Å². The van der Waals surface area contributed by atoms with Gasteiger partial charge in [0.25, 0.3) is 0 Å². The first kappa shape index (κ1) is 19.5. The van der Waals surface area contributed by atoms with Gasteiger partial charge in [0.05, 0.1) is 18.7 Å². The summed E-state index contributed by atoms with van der Waals surface area (Å²) in [6.07, 6.45) is 7.24. The van der Waals surface area contributed by atoms with Gasteiger partial charge in [0.15, 0.2) is 0 Å². The van der Waals surface area contributed by atoms with E-state index in [4.69, 9.17) is 14.5 Å². The molecule has 1 aromatic carbocycles. The van der Waals surface area contributed by atoms with Gasteiger partial charge in [-0.05, 0) is 81.3 Å². The lowest BCUT2D eigenvalue weighted by molar-refractivity contribution is 0.210. The summed E-state index contributed by atoms with van der Waals surface area (Å²) < 4.78 is 11.3. The Bertz CT molecular complexity index is 815. The number of aromatic nitrogens is 1. The smallest absolute Gasteiger partial charge is 0.130 e. The highest BCUT2D eigenvalue weighted by molar-refractivity contribution is 5.88. The summed E-state index contributed by atoms with van der Waals surface area (Å²) in [5.74, 6) is 2.00. The van der Waals surface area contributed by atoms with Gasteiger partial charge in [-0.2, -0.15) is 0 Å². The zero-order valence-electron chi connectivity index (χ0n) is 17.4. The van der Waals surface area contributed by atoms with Crippen molar-refractivity contribution in [2.75, 3.05) is 51.8 Å². The molecule has 2 aromatic rings. The second kappa shape index (κ2) is 9.10. The number of rotatable bonds is 9. The van der Waals surface area contributed by atoms with Crippen LogP contribution in [0.1, 0.15) is 42.4 Å². The maximum atomic E-state index is 6.16. The summed E-state index contributed by atoms with van der Waals surface area (Å²) >= 11 is 0. The number of aryl methyl sites for hydroxylation is 2. The minimum atomic E-state index is 0.688. The van der Waals surface area contributed by atoms with Crippen LogP contribution in [0.25, 0.3) is 10.9 Å². The standard InChI is InChI=1S/C23H33N3O2/c1-17-15-20-18-7-5-8-19(18)23(24-9-14-27-2)25-21(20)16-22(17)28-13-6-12-26-10-3-4-11-26/h15-16H,3-14H2,1-2H3,(H,24,25). The minimum Gasteiger partial charge on any atom is -0.493 e. The average molecular weight is 384 g/mol. The molecule has 5 heteroatoms. The fraction of sp³-hybridized carbons (Fsp3) is 0.609. The summed E-state index contributed by atoms with van der Waals surface area (Å²) in [6, 6.07) is 4.42. The van der Waals surface area contributed by atoms with Crippen molar-refractivity contribution in [1.82, 2.24) is 9.88 Å². The molecule has 152 valence electrons. The Labute approximate surface area is 168 Å². The normalized spacial score (nSPS) is 16.6. The molecule has 1 fully saturated rings. The number of nitrogens with zero attached hydrogens (tertiary/aromatic N) is 2. The van der Waals surface area contributed by atoms with E-state index in [0.717, 1.165) is 56.0 Å². The SMILES string of the molecule is COCCNc1nc2cc(OCCCN3CCCC3)c(C)cc2c2c1CCC2. The van der Waals surface area contributed by atoms with Gasteiger partial charge >= 0.3 is 0 Å². The predicted molar refractivity (Wildman–Crippen MR) is 115 cm³/mol. The van der Waals surface area contributed by atoms with E-state index in [1.54, 1.807) is 7.11 Å². The zero-order valence-corrected chi connectivity index (χ0v) is 17.4. The molecule has 2 aliphatic rings. The van der Waals surface area contributed by atoms with E-state index in [1.165, 1.54) is 54.4 Å². The van der Waals surface area contributed by atoms with Gasteiger partial charge in [-0.15, -0.1) is 0 Å². The number of ether oxygens (including phenoxy) is 2. The molecule has 1 aliphatic carbocycles. The van der Waals surface area contributed by atoms with E-state index in [0.29, 0.717) is 6.61 Å². The van der Waals surface area contributed by atoms with E-state index in [1.807, 2.05) is 0 Å². The molecule has 0 spiro atoms. The number of nitrogens with one attached hydrogen (secondary N) is 1. The van der Waals surface area contributed by atoms with E-state index in [-0.39, 0.29) is 0 Å². The van der Waals surface area contributed by atoms with Crippen molar-refractivity contribution in [2.45, 2.75) is 45.4 Å².